The Labute approximate surface area is 71.8 Å². The molecule has 70 valence electrons. The van der Waals surface area contributed by atoms with E-state index in [1.165, 1.54) is 7.11 Å². The maximum absolute atomic E-state index is 10.8. The first-order chi connectivity index (χ1) is 5.74. The minimum Gasteiger partial charge on any atom is -0.469 e. The number of methoxy groups -OCH3 is 1. The maximum Gasteiger partial charge on any atom is 0.308 e. The summed E-state index contributed by atoms with van der Waals surface area (Å²) < 4.78 is 9.50. The number of ether oxygens (including phenoxy) is 2. The van der Waals surface area contributed by atoms with Crippen molar-refractivity contribution in [2.24, 2.45) is 0 Å². The minimum atomic E-state index is -0.312. The lowest BCUT2D eigenvalue weighted by Gasteiger charge is -2.12. The number of aldehydes is 1. The van der Waals surface area contributed by atoms with Crippen LogP contribution in [0.1, 0.15) is 19.8 Å². The molecule has 0 amide bonds. The first-order valence-electron chi connectivity index (χ1n) is 3.86. The molecule has 12 heavy (non-hydrogen) atoms. The number of rotatable bonds is 6. The first-order valence-corrected chi connectivity index (χ1v) is 3.86. The van der Waals surface area contributed by atoms with Gasteiger partial charge in [0, 0.05) is 0 Å². The van der Waals surface area contributed by atoms with Crippen LogP contribution < -0.4 is 0 Å². The standard InChI is InChI=1S/C8H14O4/c1-3-7(12-5-4-9)6-8(10)11-2/h4,7H,3,5-6H2,1-2H3. The van der Waals surface area contributed by atoms with Crippen molar-refractivity contribution in [2.45, 2.75) is 25.9 Å². The van der Waals surface area contributed by atoms with E-state index in [1.54, 1.807) is 0 Å². The molecule has 0 aromatic carbocycles. The molecule has 0 N–H and O–H groups in total. The molecule has 0 bridgehead atoms. The van der Waals surface area contributed by atoms with Crippen LogP contribution in [0.3, 0.4) is 0 Å². The van der Waals surface area contributed by atoms with Gasteiger partial charge in [0.15, 0.2) is 0 Å². The average molecular weight is 174 g/mol. The zero-order chi connectivity index (χ0) is 9.40. The number of hydrogen-bond acceptors (Lipinski definition) is 4. The summed E-state index contributed by atoms with van der Waals surface area (Å²) in [6, 6.07) is 0. The Morgan fingerprint density at radius 2 is 2.25 bits per heavy atom. The van der Waals surface area contributed by atoms with Gasteiger partial charge in [-0.15, -0.1) is 0 Å². The molecule has 0 heterocycles. The van der Waals surface area contributed by atoms with Crippen LogP contribution >= 0.6 is 0 Å². The first kappa shape index (κ1) is 11.1. The van der Waals surface area contributed by atoms with Crippen LogP contribution in [0, 0.1) is 0 Å². The van der Waals surface area contributed by atoms with Crippen LogP contribution in [-0.2, 0) is 19.1 Å². The molecule has 1 unspecified atom stereocenters. The van der Waals surface area contributed by atoms with Crippen molar-refractivity contribution < 1.29 is 19.1 Å². The highest BCUT2D eigenvalue weighted by molar-refractivity contribution is 5.69. The third-order valence-electron chi connectivity index (χ3n) is 1.48. The molecule has 0 aliphatic carbocycles. The van der Waals surface area contributed by atoms with Gasteiger partial charge in [0.25, 0.3) is 0 Å². The van der Waals surface area contributed by atoms with Crippen LogP contribution in [0.5, 0.6) is 0 Å². The SMILES string of the molecule is CCC(CC(=O)OC)OCC=O. The van der Waals surface area contributed by atoms with Crippen molar-refractivity contribution >= 4 is 12.3 Å². The fourth-order valence-corrected chi connectivity index (χ4v) is 0.766. The van der Waals surface area contributed by atoms with E-state index < -0.39 is 0 Å². The number of hydrogen-bond donors (Lipinski definition) is 0. The lowest BCUT2D eigenvalue weighted by Crippen LogP contribution is -2.18. The van der Waals surface area contributed by atoms with Crippen molar-refractivity contribution in [1.29, 1.82) is 0 Å². The fraction of sp³-hybridized carbons (Fsp3) is 0.750. The second-order valence-electron chi connectivity index (χ2n) is 2.31. The van der Waals surface area contributed by atoms with Gasteiger partial charge in [0.1, 0.15) is 12.9 Å². The van der Waals surface area contributed by atoms with Gasteiger partial charge in [-0.1, -0.05) is 6.92 Å². The second-order valence-corrected chi connectivity index (χ2v) is 2.31. The summed E-state index contributed by atoms with van der Waals surface area (Å²) in [6.45, 7) is 1.92. The normalized spacial score (nSPS) is 12.2. The van der Waals surface area contributed by atoms with Crippen molar-refractivity contribution in [3.63, 3.8) is 0 Å². The summed E-state index contributed by atoms with van der Waals surface area (Å²) in [5.41, 5.74) is 0. The smallest absolute Gasteiger partial charge is 0.308 e. The molecule has 0 spiro atoms. The van der Waals surface area contributed by atoms with E-state index in [-0.39, 0.29) is 25.1 Å². The Morgan fingerprint density at radius 1 is 1.58 bits per heavy atom. The van der Waals surface area contributed by atoms with Gasteiger partial charge < -0.3 is 14.3 Å². The quantitative estimate of drug-likeness (QED) is 0.435. The van der Waals surface area contributed by atoms with Crippen molar-refractivity contribution in [1.82, 2.24) is 0 Å². The van der Waals surface area contributed by atoms with Gasteiger partial charge >= 0.3 is 5.97 Å². The molecule has 0 aromatic heterocycles. The monoisotopic (exact) mass is 174 g/mol. The van der Waals surface area contributed by atoms with Gasteiger partial charge in [-0.2, -0.15) is 0 Å². The summed E-state index contributed by atoms with van der Waals surface area (Å²) in [4.78, 5) is 20.7. The van der Waals surface area contributed by atoms with Crippen LogP contribution in [0.4, 0.5) is 0 Å². The highest BCUT2D eigenvalue weighted by Gasteiger charge is 2.11. The van der Waals surface area contributed by atoms with Gasteiger partial charge in [-0.25, -0.2) is 0 Å². The van der Waals surface area contributed by atoms with Gasteiger partial charge in [-0.05, 0) is 6.42 Å². The molecule has 4 heteroatoms. The Hall–Kier alpha value is -0.900. The van der Waals surface area contributed by atoms with Crippen molar-refractivity contribution in [3.8, 4) is 0 Å². The Bertz CT molecular complexity index is 144. The van der Waals surface area contributed by atoms with E-state index >= 15 is 0 Å². The molecule has 4 nitrogen and oxygen atoms in total. The van der Waals surface area contributed by atoms with Crippen LogP contribution in [0.2, 0.25) is 0 Å². The summed E-state index contributed by atoms with van der Waals surface area (Å²) >= 11 is 0. The molecular weight excluding hydrogens is 160 g/mol. The Kier molecular flexibility index (Phi) is 6.28. The maximum atomic E-state index is 10.8. The summed E-state index contributed by atoms with van der Waals surface area (Å²) in [7, 11) is 1.33. The molecular formula is C8H14O4. The van der Waals surface area contributed by atoms with E-state index in [4.69, 9.17) is 4.74 Å². The zero-order valence-electron chi connectivity index (χ0n) is 7.41. The minimum absolute atomic E-state index is 0.0372. The Balaban J connectivity index is 3.66. The zero-order valence-corrected chi connectivity index (χ0v) is 7.41. The predicted octanol–water partition coefficient (Wildman–Crippen LogP) is 0.544. The molecule has 0 saturated carbocycles. The highest BCUT2D eigenvalue weighted by atomic mass is 16.5. The molecule has 0 radical (unpaired) electrons. The topological polar surface area (TPSA) is 52.6 Å². The van der Waals surface area contributed by atoms with Crippen LogP contribution in [0.25, 0.3) is 0 Å². The molecule has 0 saturated heterocycles. The lowest BCUT2D eigenvalue weighted by atomic mass is 10.2. The predicted molar refractivity (Wildman–Crippen MR) is 42.7 cm³/mol. The molecule has 0 aliphatic heterocycles. The van der Waals surface area contributed by atoms with Crippen molar-refractivity contribution in [2.75, 3.05) is 13.7 Å². The third-order valence-corrected chi connectivity index (χ3v) is 1.48. The van der Waals surface area contributed by atoms with E-state index in [0.29, 0.717) is 12.7 Å². The molecule has 1 atom stereocenters. The van der Waals surface area contributed by atoms with E-state index in [9.17, 15) is 9.59 Å². The third kappa shape index (κ3) is 4.85. The molecule has 0 aliphatic rings. The average Bonchev–Trinajstić information content (AvgIpc) is 2.11. The summed E-state index contributed by atoms with van der Waals surface area (Å²) in [5.74, 6) is -0.312. The molecule has 0 fully saturated rings. The van der Waals surface area contributed by atoms with Crippen LogP contribution in [0.15, 0.2) is 0 Å². The second kappa shape index (κ2) is 6.79. The Morgan fingerprint density at radius 3 is 2.67 bits per heavy atom. The molecule has 0 rings (SSSR count). The van der Waals surface area contributed by atoms with E-state index in [0.717, 1.165) is 0 Å². The number of esters is 1. The molecule has 0 aromatic rings. The van der Waals surface area contributed by atoms with Crippen molar-refractivity contribution in [3.05, 3.63) is 0 Å². The number of carbonyl (C=O) groups excluding carboxylic acids is 2. The van der Waals surface area contributed by atoms with E-state index in [1.807, 2.05) is 6.92 Å². The van der Waals surface area contributed by atoms with Gasteiger partial charge in [-0.3, -0.25) is 4.79 Å². The van der Waals surface area contributed by atoms with Gasteiger partial charge in [0.05, 0.1) is 19.6 Å². The fourth-order valence-electron chi connectivity index (χ4n) is 0.766. The highest BCUT2D eigenvalue weighted by Crippen LogP contribution is 2.03. The lowest BCUT2D eigenvalue weighted by molar-refractivity contribution is -0.144. The largest absolute Gasteiger partial charge is 0.469 e. The number of carbonyl (C=O) groups is 2. The summed E-state index contributed by atoms with van der Waals surface area (Å²) in [5, 5.41) is 0. The van der Waals surface area contributed by atoms with Gasteiger partial charge in [0.2, 0.25) is 0 Å². The summed E-state index contributed by atoms with van der Waals surface area (Å²) in [6.07, 6.45) is 1.37. The van der Waals surface area contributed by atoms with Crippen LogP contribution in [-0.4, -0.2) is 32.1 Å². The van der Waals surface area contributed by atoms with E-state index in [2.05, 4.69) is 4.74 Å².